The molecule has 0 saturated heterocycles. The van der Waals surface area contributed by atoms with Crippen LogP contribution in [-0.4, -0.2) is 45.6 Å². The quantitative estimate of drug-likeness (QED) is 0.486. The first-order valence-corrected chi connectivity index (χ1v) is 11.5. The minimum absolute atomic E-state index is 0.0534. The number of primary amides is 1. The number of aromatic nitrogens is 2. The van der Waals surface area contributed by atoms with Crippen LogP contribution in [0.2, 0.25) is 0 Å². The van der Waals surface area contributed by atoms with Gasteiger partial charge in [0, 0.05) is 55.0 Å². The molecule has 4 N–H and O–H groups in total. The lowest BCUT2D eigenvalue weighted by atomic mass is 9.80. The van der Waals surface area contributed by atoms with E-state index in [9.17, 15) is 4.79 Å². The molecule has 2 aliphatic rings. The summed E-state index contributed by atoms with van der Waals surface area (Å²) in [6.07, 6.45) is 15.6. The highest BCUT2D eigenvalue weighted by Crippen LogP contribution is 2.28. The lowest BCUT2D eigenvalue weighted by Gasteiger charge is -2.33. The van der Waals surface area contributed by atoms with Gasteiger partial charge < -0.3 is 21.4 Å². The van der Waals surface area contributed by atoms with E-state index in [1.807, 2.05) is 30.3 Å². The number of likely N-dealkylation sites (N-methyl/N-ethyl adjacent to an activating group) is 1. The van der Waals surface area contributed by atoms with E-state index in [-0.39, 0.29) is 17.9 Å². The minimum atomic E-state index is -0.241. The Balaban J connectivity index is 1.88. The van der Waals surface area contributed by atoms with Crippen molar-refractivity contribution in [1.29, 1.82) is 5.41 Å². The monoisotopic (exact) mass is 437 g/mol. The summed E-state index contributed by atoms with van der Waals surface area (Å²) in [7, 11) is 2.00. The Kier molecular flexibility index (Phi) is 7.66. The zero-order valence-corrected chi connectivity index (χ0v) is 19.5. The number of carbonyl (C=O) groups is 1. The number of hydrogen-bond acceptors (Lipinski definition) is 6. The van der Waals surface area contributed by atoms with Crippen LogP contribution in [0.15, 0.2) is 52.8 Å². The first-order chi connectivity index (χ1) is 15.4. The summed E-state index contributed by atoms with van der Waals surface area (Å²) < 4.78 is 2.03. The van der Waals surface area contributed by atoms with Gasteiger partial charge in [-0.25, -0.2) is 4.99 Å². The average molecular weight is 438 g/mol. The first kappa shape index (κ1) is 23.5. The second kappa shape index (κ2) is 10.4. The van der Waals surface area contributed by atoms with Crippen molar-refractivity contribution < 1.29 is 4.79 Å². The smallest absolute Gasteiger partial charge is 0.220 e. The van der Waals surface area contributed by atoms with Gasteiger partial charge in [-0.2, -0.15) is 5.10 Å². The number of amides is 1. The zero-order valence-electron chi connectivity index (χ0n) is 19.5. The number of nitrogens with one attached hydrogen (secondary N) is 2. The van der Waals surface area contributed by atoms with Crippen molar-refractivity contribution in [1.82, 2.24) is 20.0 Å². The molecule has 0 atom stereocenters. The molecule has 1 aliphatic carbocycles. The van der Waals surface area contributed by atoms with Gasteiger partial charge in [-0.15, -0.1) is 0 Å². The molecule has 1 saturated carbocycles. The Morgan fingerprint density at radius 2 is 2.06 bits per heavy atom. The van der Waals surface area contributed by atoms with Crippen LogP contribution < -0.4 is 11.1 Å². The molecular weight excluding hydrogens is 402 g/mol. The summed E-state index contributed by atoms with van der Waals surface area (Å²) in [4.78, 5) is 18.2. The van der Waals surface area contributed by atoms with Crippen molar-refractivity contribution in [2.24, 2.45) is 16.6 Å². The number of aliphatic imine (C=N–C) groups is 1. The van der Waals surface area contributed by atoms with Gasteiger partial charge in [-0.05, 0) is 32.1 Å². The van der Waals surface area contributed by atoms with Crippen molar-refractivity contribution in [3.05, 3.63) is 53.4 Å². The highest BCUT2D eigenvalue weighted by atomic mass is 16.1. The normalized spacial score (nSPS) is 22.5. The van der Waals surface area contributed by atoms with E-state index in [4.69, 9.17) is 16.1 Å². The molecule has 32 heavy (non-hydrogen) atoms. The van der Waals surface area contributed by atoms with Crippen molar-refractivity contribution in [3.8, 4) is 0 Å². The molecular formula is C24H35N7O. The van der Waals surface area contributed by atoms with Crippen LogP contribution in [0.3, 0.4) is 0 Å². The number of allylic oxidation sites excluding steroid dienone is 3. The Morgan fingerprint density at radius 1 is 1.34 bits per heavy atom. The summed E-state index contributed by atoms with van der Waals surface area (Å²) in [6.45, 7) is 6.45. The molecule has 2 heterocycles. The van der Waals surface area contributed by atoms with Crippen LogP contribution in [0, 0.1) is 11.3 Å². The predicted molar refractivity (Wildman–Crippen MR) is 128 cm³/mol. The highest BCUT2D eigenvalue weighted by Gasteiger charge is 2.32. The fraction of sp³-hybridized carbons (Fsp3) is 0.500. The van der Waals surface area contributed by atoms with E-state index < -0.39 is 0 Å². The van der Waals surface area contributed by atoms with Gasteiger partial charge in [0.2, 0.25) is 5.91 Å². The van der Waals surface area contributed by atoms with E-state index in [0.717, 1.165) is 49.1 Å². The van der Waals surface area contributed by atoms with Crippen LogP contribution in [0.25, 0.3) is 0 Å². The zero-order chi connectivity index (χ0) is 23.3. The minimum Gasteiger partial charge on any atom is -0.388 e. The van der Waals surface area contributed by atoms with Crippen LogP contribution in [0.4, 0.5) is 0 Å². The molecule has 0 unspecified atom stereocenters. The third kappa shape index (κ3) is 5.00. The van der Waals surface area contributed by atoms with E-state index in [2.05, 4.69) is 48.4 Å². The standard InChI is InChI=1S/C24H35N7O/c1-5-8-22-23(18-13-28-31(14-18)20(6-2)7-3)29-21(15-30(22)4)17(11-25)12-27-19-9-16(10-19)24(26)32/h8,11-16,19-20,25,27H,5-7,9-10H2,1-4H3,(H2,26,32)/b17-12+,22-8-,25-11?/t16-,19+. The second-order valence-electron chi connectivity index (χ2n) is 8.44. The Bertz CT molecular complexity index is 959. The second-order valence-corrected chi connectivity index (χ2v) is 8.44. The Morgan fingerprint density at radius 3 is 2.66 bits per heavy atom. The van der Waals surface area contributed by atoms with Crippen molar-refractivity contribution in [3.63, 3.8) is 0 Å². The summed E-state index contributed by atoms with van der Waals surface area (Å²) >= 11 is 0. The van der Waals surface area contributed by atoms with Gasteiger partial charge in [0.05, 0.1) is 29.3 Å². The van der Waals surface area contributed by atoms with E-state index >= 15 is 0 Å². The van der Waals surface area contributed by atoms with Crippen LogP contribution >= 0.6 is 0 Å². The lowest BCUT2D eigenvalue weighted by Crippen LogP contribution is -2.44. The molecule has 0 bridgehead atoms. The Labute approximate surface area is 190 Å². The number of rotatable bonds is 10. The SMILES string of the molecule is CC/C=C1/C(c2cnn(C(CC)CC)c2)=NC(/C(C=N)=C/N[C@H]2C[C@@H](C(N)=O)C2)=CN1C. The van der Waals surface area contributed by atoms with Gasteiger partial charge in [-0.1, -0.05) is 26.8 Å². The van der Waals surface area contributed by atoms with E-state index in [1.165, 1.54) is 6.21 Å². The third-order valence-electron chi connectivity index (χ3n) is 6.23. The van der Waals surface area contributed by atoms with Crippen LogP contribution in [0.5, 0.6) is 0 Å². The maximum absolute atomic E-state index is 11.2. The Hall–Kier alpha value is -3.16. The van der Waals surface area contributed by atoms with Gasteiger partial charge in [0.1, 0.15) is 0 Å². The van der Waals surface area contributed by atoms with Crippen molar-refractivity contribution in [2.45, 2.75) is 65.0 Å². The topological polar surface area (TPSA) is 112 Å². The third-order valence-corrected chi connectivity index (χ3v) is 6.23. The molecule has 0 radical (unpaired) electrons. The van der Waals surface area contributed by atoms with Crippen molar-refractivity contribution in [2.75, 3.05) is 7.05 Å². The molecule has 1 amide bonds. The summed E-state index contributed by atoms with van der Waals surface area (Å²) in [5.74, 6) is -0.295. The van der Waals surface area contributed by atoms with Crippen molar-refractivity contribution >= 4 is 17.8 Å². The highest BCUT2D eigenvalue weighted by molar-refractivity contribution is 6.13. The molecule has 8 nitrogen and oxygen atoms in total. The van der Waals surface area contributed by atoms with Crippen LogP contribution in [0.1, 0.15) is 64.5 Å². The number of nitrogens with two attached hydrogens (primary N) is 1. The average Bonchev–Trinajstić information content (AvgIpc) is 3.21. The van der Waals surface area contributed by atoms with Gasteiger partial charge in [0.25, 0.3) is 0 Å². The lowest BCUT2D eigenvalue weighted by molar-refractivity contribution is -0.124. The maximum Gasteiger partial charge on any atom is 0.220 e. The fourth-order valence-electron chi connectivity index (χ4n) is 4.12. The molecule has 172 valence electrons. The summed E-state index contributed by atoms with van der Waals surface area (Å²) in [6, 6.07) is 0.564. The number of nitrogens with zero attached hydrogens (tertiary/aromatic N) is 4. The first-order valence-electron chi connectivity index (χ1n) is 11.5. The fourth-order valence-corrected chi connectivity index (χ4v) is 4.12. The largest absolute Gasteiger partial charge is 0.388 e. The number of hydrogen-bond donors (Lipinski definition) is 3. The number of carbonyl (C=O) groups excluding carboxylic acids is 1. The van der Waals surface area contributed by atoms with Gasteiger partial charge >= 0.3 is 0 Å². The molecule has 1 aromatic heterocycles. The maximum atomic E-state index is 11.2. The molecule has 0 spiro atoms. The predicted octanol–water partition coefficient (Wildman–Crippen LogP) is 3.50. The molecule has 1 aliphatic heterocycles. The molecule has 3 rings (SSSR count). The van der Waals surface area contributed by atoms with E-state index in [0.29, 0.717) is 17.3 Å². The summed E-state index contributed by atoms with van der Waals surface area (Å²) in [5, 5.41) is 15.8. The van der Waals surface area contributed by atoms with Gasteiger partial charge in [0.15, 0.2) is 0 Å². The van der Waals surface area contributed by atoms with E-state index in [1.54, 1.807) is 0 Å². The van der Waals surface area contributed by atoms with Crippen LogP contribution in [-0.2, 0) is 4.79 Å². The molecule has 0 aromatic carbocycles. The molecule has 1 fully saturated rings. The molecule has 8 heteroatoms. The van der Waals surface area contributed by atoms with Gasteiger partial charge in [-0.3, -0.25) is 9.48 Å². The molecule has 1 aromatic rings. The summed E-state index contributed by atoms with van der Waals surface area (Å²) in [5.41, 5.74) is 9.60.